The van der Waals surface area contributed by atoms with Crippen molar-refractivity contribution < 1.29 is 0 Å². The lowest BCUT2D eigenvalue weighted by molar-refractivity contribution is 0.572. The van der Waals surface area contributed by atoms with Gasteiger partial charge < -0.3 is 5.73 Å². The van der Waals surface area contributed by atoms with Crippen LogP contribution in [-0.2, 0) is 10.8 Å². The number of rotatable bonds is 0. The van der Waals surface area contributed by atoms with Crippen LogP contribution in [0.1, 0.15) is 58.2 Å². The molecule has 90 valence electrons. The minimum Gasteiger partial charge on any atom is -0.398 e. The smallest absolute Gasteiger partial charge is 0.0390 e. The van der Waals surface area contributed by atoms with E-state index in [1.165, 1.54) is 16.7 Å². The molecule has 0 aromatic heterocycles. The van der Waals surface area contributed by atoms with Gasteiger partial charge >= 0.3 is 0 Å². The van der Waals surface area contributed by atoms with E-state index in [9.17, 15) is 0 Å². The van der Waals surface area contributed by atoms with Crippen molar-refractivity contribution in [1.82, 2.24) is 0 Å². The molecule has 1 nitrogen and oxygen atoms in total. The molecule has 0 fully saturated rings. The predicted octanol–water partition coefficient (Wildman–Crippen LogP) is 4.17. The van der Waals surface area contributed by atoms with Crippen molar-refractivity contribution >= 4 is 5.69 Å². The minimum absolute atomic E-state index is 0.107. The Morgan fingerprint density at radius 3 is 1.38 bits per heavy atom. The van der Waals surface area contributed by atoms with Gasteiger partial charge in [-0.15, -0.1) is 0 Å². The highest BCUT2D eigenvalue weighted by Gasteiger charge is 2.24. The molecule has 0 unspecified atom stereocenters. The van der Waals surface area contributed by atoms with Gasteiger partial charge in [-0.05, 0) is 28.9 Å². The molecule has 0 atom stereocenters. The first-order valence-electron chi connectivity index (χ1n) is 5.94. The van der Waals surface area contributed by atoms with Gasteiger partial charge in [0.25, 0.3) is 0 Å². The number of aryl methyl sites for hydroxylation is 1. The van der Waals surface area contributed by atoms with E-state index in [0.29, 0.717) is 0 Å². The molecule has 0 radical (unpaired) electrons. The Kier molecular flexibility index (Phi) is 3.11. The number of anilines is 1. The standard InChI is InChI=1S/C15H25N/c1-10-8-11(14(2,3)4)13(16)12(9-10)15(5,6)7/h8-9H,16H2,1-7H3. The summed E-state index contributed by atoms with van der Waals surface area (Å²) in [5, 5.41) is 0. The Hall–Kier alpha value is -0.980. The molecule has 0 spiro atoms. The van der Waals surface area contributed by atoms with Gasteiger partial charge in [0.2, 0.25) is 0 Å². The topological polar surface area (TPSA) is 26.0 Å². The highest BCUT2D eigenvalue weighted by Crippen LogP contribution is 2.36. The fraction of sp³-hybridized carbons (Fsp3) is 0.600. The third kappa shape index (κ3) is 2.58. The van der Waals surface area contributed by atoms with Crippen LogP contribution in [0.4, 0.5) is 5.69 Å². The summed E-state index contributed by atoms with van der Waals surface area (Å²) in [6, 6.07) is 4.43. The molecule has 1 rings (SSSR count). The van der Waals surface area contributed by atoms with Crippen LogP contribution in [0.5, 0.6) is 0 Å². The molecule has 2 N–H and O–H groups in total. The average molecular weight is 219 g/mol. The van der Waals surface area contributed by atoms with E-state index in [-0.39, 0.29) is 10.8 Å². The van der Waals surface area contributed by atoms with Gasteiger partial charge in [0.15, 0.2) is 0 Å². The van der Waals surface area contributed by atoms with Crippen molar-refractivity contribution in [3.63, 3.8) is 0 Å². The van der Waals surface area contributed by atoms with E-state index < -0.39 is 0 Å². The first kappa shape index (κ1) is 13.1. The van der Waals surface area contributed by atoms with Crippen molar-refractivity contribution in [2.75, 3.05) is 5.73 Å². The van der Waals surface area contributed by atoms with Crippen LogP contribution in [0.25, 0.3) is 0 Å². The fourth-order valence-electron chi connectivity index (χ4n) is 2.04. The summed E-state index contributed by atoms with van der Waals surface area (Å²) in [6.07, 6.45) is 0. The number of nitrogen functional groups attached to an aromatic ring is 1. The van der Waals surface area contributed by atoms with Gasteiger partial charge in [-0.2, -0.15) is 0 Å². The van der Waals surface area contributed by atoms with Crippen molar-refractivity contribution in [3.8, 4) is 0 Å². The molecule has 0 heterocycles. The van der Waals surface area contributed by atoms with Gasteiger partial charge in [-0.25, -0.2) is 0 Å². The normalized spacial score (nSPS) is 12.9. The lowest BCUT2D eigenvalue weighted by Gasteiger charge is -2.28. The maximum Gasteiger partial charge on any atom is 0.0390 e. The van der Waals surface area contributed by atoms with Crippen molar-refractivity contribution in [2.45, 2.75) is 59.3 Å². The zero-order valence-corrected chi connectivity index (χ0v) is 11.7. The zero-order valence-electron chi connectivity index (χ0n) is 11.7. The van der Waals surface area contributed by atoms with Crippen molar-refractivity contribution in [1.29, 1.82) is 0 Å². The summed E-state index contributed by atoms with van der Waals surface area (Å²) in [6.45, 7) is 15.4. The summed E-state index contributed by atoms with van der Waals surface area (Å²) in [5.41, 5.74) is 11.3. The molecule has 0 aliphatic rings. The van der Waals surface area contributed by atoms with Crippen LogP contribution in [0.3, 0.4) is 0 Å². The molecule has 0 amide bonds. The largest absolute Gasteiger partial charge is 0.398 e. The summed E-state index contributed by atoms with van der Waals surface area (Å²) in [4.78, 5) is 0. The number of hydrogen-bond acceptors (Lipinski definition) is 1. The Morgan fingerprint density at radius 1 is 0.812 bits per heavy atom. The van der Waals surface area contributed by atoms with Gasteiger partial charge in [-0.1, -0.05) is 59.2 Å². The quantitative estimate of drug-likeness (QED) is 0.651. The van der Waals surface area contributed by atoms with Crippen LogP contribution in [0, 0.1) is 6.92 Å². The zero-order chi connectivity index (χ0) is 12.7. The molecule has 0 saturated heterocycles. The Bertz CT molecular complexity index is 354. The summed E-state index contributed by atoms with van der Waals surface area (Å²) in [5.74, 6) is 0. The molecule has 16 heavy (non-hydrogen) atoms. The highest BCUT2D eigenvalue weighted by atomic mass is 14.6. The molecule has 1 aromatic carbocycles. The number of nitrogens with two attached hydrogens (primary N) is 1. The molecule has 0 saturated carbocycles. The van der Waals surface area contributed by atoms with E-state index in [2.05, 4.69) is 60.6 Å². The molecule has 0 aliphatic heterocycles. The first-order valence-corrected chi connectivity index (χ1v) is 5.94. The number of benzene rings is 1. The second-order valence-electron chi connectivity index (χ2n) is 6.77. The Morgan fingerprint density at radius 2 is 1.12 bits per heavy atom. The molecule has 0 aliphatic carbocycles. The fourth-order valence-corrected chi connectivity index (χ4v) is 2.04. The first-order chi connectivity index (χ1) is 7.03. The van der Waals surface area contributed by atoms with Crippen LogP contribution in [0.15, 0.2) is 12.1 Å². The maximum absolute atomic E-state index is 6.32. The van der Waals surface area contributed by atoms with Gasteiger partial charge in [0.05, 0.1) is 0 Å². The number of hydrogen-bond donors (Lipinski definition) is 1. The minimum atomic E-state index is 0.107. The third-order valence-corrected chi connectivity index (χ3v) is 2.94. The molecular formula is C15H25N. The summed E-state index contributed by atoms with van der Waals surface area (Å²) >= 11 is 0. The van der Waals surface area contributed by atoms with Crippen molar-refractivity contribution in [2.24, 2.45) is 0 Å². The predicted molar refractivity (Wildman–Crippen MR) is 73.0 cm³/mol. The monoisotopic (exact) mass is 219 g/mol. The lowest BCUT2D eigenvalue weighted by Crippen LogP contribution is -2.20. The molecular weight excluding hydrogens is 194 g/mol. The van der Waals surface area contributed by atoms with E-state index in [0.717, 1.165) is 5.69 Å². The van der Waals surface area contributed by atoms with Crippen LogP contribution >= 0.6 is 0 Å². The van der Waals surface area contributed by atoms with E-state index in [4.69, 9.17) is 5.73 Å². The average Bonchev–Trinajstić information content (AvgIpc) is 2.04. The second-order valence-corrected chi connectivity index (χ2v) is 6.77. The summed E-state index contributed by atoms with van der Waals surface area (Å²) < 4.78 is 0. The van der Waals surface area contributed by atoms with Crippen LogP contribution in [-0.4, -0.2) is 0 Å². The Labute approximate surface area is 100 Å². The van der Waals surface area contributed by atoms with E-state index >= 15 is 0 Å². The van der Waals surface area contributed by atoms with Gasteiger partial charge in [-0.3, -0.25) is 0 Å². The Balaban J connectivity index is 3.51. The molecule has 1 aromatic rings. The second kappa shape index (κ2) is 3.80. The molecule has 0 bridgehead atoms. The highest BCUT2D eigenvalue weighted by molar-refractivity contribution is 5.60. The lowest BCUT2D eigenvalue weighted by atomic mass is 9.78. The van der Waals surface area contributed by atoms with E-state index in [1.54, 1.807) is 0 Å². The third-order valence-electron chi connectivity index (χ3n) is 2.94. The van der Waals surface area contributed by atoms with Crippen LogP contribution in [0.2, 0.25) is 0 Å². The maximum atomic E-state index is 6.32. The van der Waals surface area contributed by atoms with E-state index in [1.807, 2.05) is 0 Å². The van der Waals surface area contributed by atoms with Gasteiger partial charge in [0, 0.05) is 5.69 Å². The SMILES string of the molecule is Cc1cc(C(C)(C)C)c(N)c(C(C)(C)C)c1. The van der Waals surface area contributed by atoms with Crippen molar-refractivity contribution in [3.05, 3.63) is 28.8 Å². The van der Waals surface area contributed by atoms with Crippen LogP contribution < -0.4 is 5.73 Å². The van der Waals surface area contributed by atoms with Gasteiger partial charge in [0.1, 0.15) is 0 Å². The molecule has 1 heteroatoms. The summed E-state index contributed by atoms with van der Waals surface area (Å²) in [7, 11) is 0.